The van der Waals surface area contributed by atoms with Crippen molar-refractivity contribution in [1.82, 2.24) is 4.90 Å². The van der Waals surface area contributed by atoms with Crippen molar-refractivity contribution in [2.45, 2.75) is 25.4 Å². The lowest BCUT2D eigenvalue weighted by molar-refractivity contribution is 0.111. The van der Waals surface area contributed by atoms with E-state index in [1.54, 1.807) is 14.2 Å². The molecular formula is C14H25NO3Si. The van der Waals surface area contributed by atoms with E-state index in [2.05, 4.69) is 24.0 Å². The quantitative estimate of drug-likeness (QED) is 0.745. The Balaban J connectivity index is 2.02. The first-order valence-electron chi connectivity index (χ1n) is 7.04. The Morgan fingerprint density at radius 3 is 2.79 bits per heavy atom. The summed E-state index contributed by atoms with van der Waals surface area (Å²) in [6.45, 7) is 5.00. The minimum atomic E-state index is -1.96. The molecule has 0 aliphatic carbocycles. The number of ether oxygens (including phenoxy) is 1. The van der Waals surface area contributed by atoms with Crippen molar-refractivity contribution in [3.8, 4) is 0 Å². The molecule has 0 aromatic rings. The first kappa shape index (κ1) is 14.6. The molecule has 0 amide bonds. The number of nitrogens with zero attached hydrogens (tertiary/aromatic N) is 1. The van der Waals surface area contributed by atoms with Crippen LogP contribution in [0, 0.1) is 5.92 Å². The van der Waals surface area contributed by atoms with Crippen LogP contribution in [-0.4, -0.2) is 47.4 Å². The van der Waals surface area contributed by atoms with Gasteiger partial charge in [0.05, 0.1) is 0 Å². The molecule has 0 bridgehead atoms. The molecule has 0 aromatic carbocycles. The Bertz CT molecular complexity index is 353. The molecule has 0 aromatic heterocycles. The third kappa shape index (κ3) is 3.61. The molecule has 108 valence electrons. The van der Waals surface area contributed by atoms with Crippen LogP contribution < -0.4 is 0 Å². The molecule has 2 heterocycles. The van der Waals surface area contributed by atoms with Crippen molar-refractivity contribution in [3.63, 3.8) is 0 Å². The molecule has 0 radical (unpaired) electrons. The van der Waals surface area contributed by atoms with Crippen LogP contribution in [0.2, 0.25) is 12.1 Å². The van der Waals surface area contributed by atoms with Crippen molar-refractivity contribution in [2.24, 2.45) is 5.92 Å². The standard InChI is InChI=1S/C14H25NO3Si/c1-13-11-15(14-7-4-5-9-18-14)8-6-10-19(12-13,16-2)17-3/h4-5,7,13H,6,8-12H2,1-3H3. The Hall–Kier alpha value is -0.783. The topological polar surface area (TPSA) is 30.9 Å². The zero-order chi connectivity index (χ0) is 13.7. The van der Waals surface area contributed by atoms with Crippen LogP contribution in [0.1, 0.15) is 13.3 Å². The van der Waals surface area contributed by atoms with Crippen LogP contribution in [-0.2, 0) is 13.6 Å². The van der Waals surface area contributed by atoms with Crippen molar-refractivity contribution in [2.75, 3.05) is 33.9 Å². The van der Waals surface area contributed by atoms with E-state index in [-0.39, 0.29) is 0 Å². The highest BCUT2D eigenvalue weighted by molar-refractivity contribution is 6.67. The first-order valence-corrected chi connectivity index (χ1v) is 9.27. The van der Waals surface area contributed by atoms with E-state index in [0.29, 0.717) is 12.5 Å². The van der Waals surface area contributed by atoms with Gasteiger partial charge in [0.1, 0.15) is 6.61 Å². The maximum Gasteiger partial charge on any atom is 0.338 e. The van der Waals surface area contributed by atoms with Crippen molar-refractivity contribution in [1.29, 1.82) is 0 Å². The van der Waals surface area contributed by atoms with E-state index in [4.69, 9.17) is 13.6 Å². The molecule has 1 saturated heterocycles. The van der Waals surface area contributed by atoms with Gasteiger partial charge in [-0.15, -0.1) is 0 Å². The Morgan fingerprint density at radius 2 is 2.16 bits per heavy atom. The third-order valence-corrected chi connectivity index (χ3v) is 7.86. The van der Waals surface area contributed by atoms with E-state index in [9.17, 15) is 0 Å². The SMILES string of the molecule is CO[Si]1(OC)CCCN(C2=CC=CCO2)CC(C)C1. The van der Waals surface area contributed by atoms with Gasteiger partial charge >= 0.3 is 8.56 Å². The van der Waals surface area contributed by atoms with Crippen LogP contribution in [0.4, 0.5) is 0 Å². The molecule has 4 nitrogen and oxygen atoms in total. The van der Waals surface area contributed by atoms with E-state index in [1.165, 1.54) is 0 Å². The molecule has 1 fully saturated rings. The zero-order valence-electron chi connectivity index (χ0n) is 12.2. The lowest BCUT2D eigenvalue weighted by Gasteiger charge is -2.37. The maximum absolute atomic E-state index is 5.76. The fourth-order valence-corrected chi connectivity index (χ4v) is 5.94. The van der Waals surface area contributed by atoms with Crippen LogP contribution in [0.15, 0.2) is 24.1 Å². The summed E-state index contributed by atoms with van der Waals surface area (Å²) in [6, 6.07) is 2.11. The minimum absolute atomic E-state index is 0.558. The highest BCUT2D eigenvalue weighted by Crippen LogP contribution is 2.29. The molecule has 0 spiro atoms. The highest BCUT2D eigenvalue weighted by atomic mass is 28.4. The first-order chi connectivity index (χ1) is 9.19. The summed E-state index contributed by atoms with van der Waals surface area (Å²) < 4.78 is 17.2. The monoisotopic (exact) mass is 283 g/mol. The lowest BCUT2D eigenvalue weighted by atomic mass is 10.2. The molecule has 2 aliphatic rings. The van der Waals surface area contributed by atoms with Gasteiger partial charge in [-0.2, -0.15) is 0 Å². The van der Waals surface area contributed by atoms with Crippen molar-refractivity contribution >= 4 is 8.56 Å². The fourth-order valence-electron chi connectivity index (χ4n) is 2.94. The number of hydrogen-bond acceptors (Lipinski definition) is 4. The van der Waals surface area contributed by atoms with Crippen LogP contribution in [0.5, 0.6) is 0 Å². The van der Waals surface area contributed by atoms with Gasteiger partial charge in [-0.1, -0.05) is 13.0 Å². The smallest absolute Gasteiger partial charge is 0.338 e. The molecule has 0 saturated carbocycles. The zero-order valence-corrected chi connectivity index (χ0v) is 13.2. The van der Waals surface area contributed by atoms with Gasteiger partial charge in [0.2, 0.25) is 0 Å². The van der Waals surface area contributed by atoms with Crippen molar-refractivity contribution in [3.05, 3.63) is 24.1 Å². The van der Waals surface area contributed by atoms with E-state index < -0.39 is 8.56 Å². The second-order valence-electron chi connectivity index (χ2n) is 5.42. The van der Waals surface area contributed by atoms with E-state index in [0.717, 1.165) is 37.5 Å². The second-order valence-corrected chi connectivity index (χ2v) is 8.97. The largest absolute Gasteiger partial charge is 0.475 e. The van der Waals surface area contributed by atoms with Gasteiger partial charge in [0, 0.05) is 27.3 Å². The average molecular weight is 283 g/mol. The Labute approximate surface area is 117 Å². The molecule has 1 unspecified atom stereocenters. The summed E-state index contributed by atoms with van der Waals surface area (Å²) in [5.74, 6) is 1.57. The summed E-state index contributed by atoms with van der Waals surface area (Å²) in [5, 5.41) is 0. The maximum atomic E-state index is 5.76. The van der Waals surface area contributed by atoms with E-state index >= 15 is 0 Å². The summed E-state index contributed by atoms with van der Waals surface area (Å²) in [4.78, 5) is 2.36. The molecule has 2 aliphatic heterocycles. The van der Waals surface area contributed by atoms with Gasteiger partial charge in [-0.3, -0.25) is 0 Å². The van der Waals surface area contributed by atoms with Gasteiger partial charge in [0.25, 0.3) is 0 Å². The number of allylic oxidation sites excluding steroid dienone is 2. The average Bonchev–Trinajstić information content (AvgIpc) is 2.43. The van der Waals surface area contributed by atoms with Gasteiger partial charge in [0.15, 0.2) is 5.88 Å². The van der Waals surface area contributed by atoms with Gasteiger partial charge in [-0.25, -0.2) is 0 Å². The van der Waals surface area contributed by atoms with Crippen LogP contribution in [0.25, 0.3) is 0 Å². The Morgan fingerprint density at radius 1 is 1.37 bits per heavy atom. The predicted molar refractivity (Wildman–Crippen MR) is 77.9 cm³/mol. The molecule has 0 N–H and O–H groups in total. The second kappa shape index (κ2) is 6.59. The summed E-state index contributed by atoms with van der Waals surface area (Å²) in [6.07, 6.45) is 7.27. The summed E-state index contributed by atoms with van der Waals surface area (Å²) in [5.41, 5.74) is 0. The van der Waals surface area contributed by atoms with E-state index in [1.807, 2.05) is 6.08 Å². The normalized spacial score (nSPS) is 27.2. The minimum Gasteiger partial charge on any atom is -0.475 e. The van der Waals surface area contributed by atoms with Crippen molar-refractivity contribution < 1.29 is 13.6 Å². The van der Waals surface area contributed by atoms with Crippen LogP contribution in [0.3, 0.4) is 0 Å². The predicted octanol–water partition coefficient (Wildman–Crippen LogP) is 2.49. The van der Waals surface area contributed by atoms with Gasteiger partial charge in [-0.05, 0) is 36.6 Å². The molecular weight excluding hydrogens is 258 g/mol. The molecule has 1 atom stereocenters. The lowest BCUT2D eigenvalue weighted by Crippen LogP contribution is -2.46. The third-order valence-electron chi connectivity index (χ3n) is 3.94. The molecule has 2 rings (SSSR count). The Kier molecular flexibility index (Phi) is 5.07. The molecule has 19 heavy (non-hydrogen) atoms. The fraction of sp³-hybridized carbons (Fsp3) is 0.714. The number of hydrogen-bond donors (Lipinski definition) is 0. The van der Waals surface area contributed by atoms with Gasteiger partial charge < -0.3 is 18.5 Å². The number of rotatable bonds is 3. The van der Waals surface area contributed by atoms with Crippen LogP contribution >= 0.6 is 0 Å². The highest BCUT2D eigenvalue weighted by Gasteiger charge is 2.38. The summed E-state index contributed by atoms with van der Waals surface area (Å²) in [7, 11) is 1.65. The summed E-state index contributed by atoms with van der Waals surface area (Å²) >= 11 is 0. The molecule has 5 heteroatoms.